The molecule has 0 saturated heterocycles. The van der Waals surface area contributed by atoms with Gasteiger partial charge < -0.3 is 4.90 Å². The summed E-state index contributed by atoms with van der Waals surface area (Å²) in [5.74, 6) is 2.80. The molecule has 3 aliphatic carbocycles. The first-order valence-electron chi connectivity index (χ1n) is 15.7. The monoisotopic (exact) mass is 538 g/mol. The molecule has 206 valence electrons. The van der Waals surface area contributed by atoms with Crippen LogP contribution < -0.4 is 4.90 Å². The normalized spacial score (nSPS) is 22.1. The lowest BCUT2D eigenvalue weighted by Gasteiger charge is -2.38. The molecule has 0 amide bonds. The molecule has 0 N–H and O–H groups in total. The van der Waals surface area contributed by atoms with Crippen molar-refractivity contribution in [1.82, 2.24) is 4.98 Å². The third-order valence-corrected chi connectivity index (χ3v) is 11.0. The number of anilines is 1. The topological polar surface area (TPSA) is 16.1 Å². The van der Waals surface area contributed by atoms with E-state index in [2.05, 4.69) is 67.4 Å². The summed E-state index contributed by atoms with van der Waals surface area (Å²) in [5, 5.41) is 1.33. The van der Waals surface area contributed by atoms with Crippen molar-refractivity contribution in [2.75, 3.05) is 11.4 Å². The van der Waals surface area contributed by atoms with Crippen LogP contribution in [0, 0.1) is 18.8 Å². The van der Waals surface area contributed by atoms with Crippen LogP contribution in [0.1, 0.15) is 111 Å². The van der Waals surface area contributed by atoms with Crippen molar-refractivity contribution in [2.45, 2.75) is 103 Å². The van der Waals surface area contributed by atoms with Crippen molar-refractivity contribution in [2.24, 2.45) is 11.8 Å². The first-order valence-corrected chi connectivity index (χ1v) is 16.5. The van der Waals surface area contributed by atoms with E-state index in [-0.39, 0.29) is 0 Å². The van der Waals surface area contributed by atoms with E-state index in [1.807, 2.05) is 11.3 Å². The van der Waals surface area contributed by atoms with Crippen molar-refractivity contribution in [3.05, 3.63) is 82.6 Å². The van der Waals surface area contributed by atoms with Gasteiger partial charge in [0.2, 0.25) is 0 Å². The number of hydrogen-bond acceptors (Lipinski definition) is 3. The van der Waals surface area contributed by atoms with E-state index >= 15 is 0 Å². The van der Waals surface area contributed by atoms with E-state index in [0.29, 0.717) is 5.92 Å². The Labute approximate surface area is 240 Å². The van der Waals surface area contributed by atoms with Crippen LogP contribution in [0.3, 0.4) is 0 Å². The summed E-state index contributed by atoms with van der Waals surface area (Å²) >= 11 is 1.90. The molecule has 3 heteroatoms. The zero-order valence-corrected chi connectivity index (χ0v) is 24.9. The summed E-state index contributed by atoms with van der Waals surface area (Å²) < 4.78 is 0. The smallest absolute Gasteiger partial charge is 0.0962 e. The Kier molecular flexibility index (Phi) is 8.25. The van der Waals surface area contributed by atoms with E-state index in [0.717, 1.165) is 30.7 Å². The number of hydrogen-bond donors (Lipinski definition) is 0. The fourth-order valence-corrected chi connectivity index (χ4v) is 8.20. The lowest BCUT2D eigenvalue weighted by Crippen LogP contribution is -2.33. The predicted octanol–water partition coefficient (Wildman–Crippen LogP) is 10.4. The fraction of sp³-hybridized carbons (Fsp3) is 0.528. The molecule has 3 fully saturated rings. The molecule has 0 bridgehead atoms. The van der Waals surface area contributed by atoms with Crippen LogP contribution in [0.5, 0.6) is 0 Å². The maximum atomic E-state index is 4.77. The predicted molar refractivity (Wildman–Crippen MR) is 168 cm³/mol. The number of benzene rings is 2. The van der Waals surface area contributed by atoms with Gasteiger partial charge >= 0.3 is 0 Å². The number of allylic oxidation sites excluding steroid dienone is 1. The Bertz CT molecular complexity index is 1270. The van der Waals surface area contributed by atoms with Gasteiger partial charge in [-0.2, -0.15) is 0 Å². The third-order valence-electron chi connectivity index (χ3n) is 9.82. The average Bonchev–Trinajstić information content (AvgIpc) is 3.72. The number of rotatable bonds is 9. The van der Waals surface area contributed by atoms with Crippen molar-refractivity contribution in [3.63, 3.8) is 0 Å². The second kappa shape index (κ2) is 12.0. The van der Waals surface area contributed by atoms with Crippen molar-refractivity contribution in [3.8, 4) is 10.4 Å². The lowest BCUT2D eigenvalue weighted by atomic mass is 9.77. The van der Waals surface area contributed by atoms with Gasteiger partial charge in [-0.15, -0.1) is 11.3 Å². The molecule has 0 radical (unpaired) electrons. The van der Waals surface area contributed by atoms with Crippen molar-refractivity contribution < 1.29 is 0 Å². The van der Waals surface area contributed by atoms with Gasteiger partial charge in [0.05, 0.1) is 9.88 Å². The minimum atomic E-state index is 0.628. The number of thiazole rings is 1. The summed E-state index contributed by atoms with van der Waals surface area (Å²) in [4.78, 5) is 8.71. The maximum absolute atomic E-state index is 4.77. The molecule has 39 heavy (non-hydrogen) atoms. The van der Waals surface area contributed by atoms with Gasteiger partial charge in [-0.1, -0.05) is 63.1 Å². The van der Waals surface area contributed by atoms with Gasteiger partial charge in [0, 0.05) is 30.0 Å². The third kappa shape index (κ3) is 6.19. The van der Waals surface area contributed by atoms with Gasteiger partial charge in [-0.25, -0.2) is 4.98 Å². The first-order chi connectivity index (χ1) is 19.1. The van der Waals surface area contributed by atoms with Crippen LogP contribution >= 0.6 is 11.3 Å². The average molecular weight is 539 g/mol. The van der Waals surface area contributed by atoms with Gasteiger partial charge in [0.25, 0.3) is 0 Å². The van der Waals surface area contributed by atoms with E-state index < -0.39 is 0 Å². The Morgan fingerprint density at radius 1 is 0.923 bits per heavy atom. The zero-order valence-electron chi connectivity index (χ0n) is 24.1. The Morgan fingerprint density at radius 2 is 1.69 bits per heavy atom. The molecule has 6 rings (SSSR count). The molecule has 2 nitrogen and oxygen atoms in total. The van der Waals surface area contributed by atoms with Gasteiger partial charge in [-0.3, -0.25) is 0 Å². The van der Waals surface area contributed by atoms with Crippen LogP contribution in [0.2, 0.25) is 0 Å². The van der Waals surface area contributed by atoms with Crippen LogP contribution in [0.15, 0.2) is 60.9 Å². The van der Waals surface area contributed by atoms with Crippen LogP contribution in [-0.2, 0) is 6.42 Å². The summed E-state index contributed by atoms with van der Waals surface area (Å²) in [6.07, 6.45) is 17.8. The number of aromatic nitrogens is 1. The minimum Gasteiger partial charge on any atom is -0.345 e. The van der Waals surface area contributed by atoms with E-state index in [9.17, 15) is 0 Å². The molecule has 0 unspecified atom stereocenters. The molecule has 3 aliphatic rings. The highest BCUT2D eigenvalue weighted by Gasteiger charge is 2.29. The highest BCUT2D eigenvalue weighted by atomic mass is 32.1. The summed E-state index contributed by atoms with van der Waals surface area (Å²) in [6, 6.07) is 16.5. The lowest BCUT2D eigenvalue weighted by molar-refractivity contribution is 0.323. The molecule has 0 aliphatic heterocycles. The molecule has 1 aromatic heterocycles. The maximum Gasteiger partial charge on any atom is 0.0962 e. The van der Waals surface area contributed by atoms with Crippen LogP contribution in [0.25, 0.3) is 10.4 Å². The summed E-state index contributed by atoms with van der Waals surface area (Å²) in [5.41, 5.74) is 8.54. The molecular weight excluding hydrogens is 492 g/mol. The molecule has 3 aromatic rings. The highest BCUT2D eigenvalue weighted by Crippen LogP contribution is 2.44. The van der Waals surface area contributed by atoms with Crippen LogP contribution in [-0.4, -0.2) is 11.5 Å². The second-order valence-electron chi connectivity index (χ2n) is 12.6. The van der Waals surface area contributed by atoms with Crippen LogP contribution in [0.4, 0.5) is 5.69 Å². The second-order valence-corrected chi connectivity index (χ2v) is 13.6. The summed E-state index contributed by atoms with van der Waals surface area (Å²) in [7, 11) is 0. The molecule has 1 heterocycles. The Morgan fingerprint density at radius 3 is 2.41 bits per heavy atom. The standard InChI is InChI=1S/C36H46N2S/c1-4-28-17-20-32(21-25(28)2)30-15-13-27(14-16-30)24-38(26(3)29-9-6-5-7-10-29)34-12-8-11-33(22-34)35-23-37-36(39-35)31-18-19-31/h8,11-12,17,20-23,27,29-31H,3-7,9-10,13-16,18-19,24H2,1-2H3. The molecular formula is C36H46N2S. The largest absolute Gasteiger partial charge is 0.345 e. The molecule has 0 spiro atoms. The fourth-order valence-electron chi connectivity index (χ4n) is 7.12. The number of aryl methyl sites for hydroxylation is 2. The van der Waals surface area contributed by atoms with E-state index in [1.54, 1.807) is 5.56 Å². The molecule has 2 aromatic carbocycles. The first kappa shape index (κ1) is 26.8. The molecule has 0 atom stereocenters. The van der Waals surface area contributed by atoms with E-state index in [4.69, 9.17) is 11.6 Å². The van der Waals surface area contributed by atoms with Gasteiger partial charge in [-0.05, 0) is 117 Å². The number of nitrogens with zero attached hydrogens (tertiary/aromatic N) is 2. The SMILES string of the molecule is C=C(C1CCCCC1)N(CC1CCC(c2ccc(CC)c(C)c2)CC1)c1cccc(-c2cnc(C3CC3)s2)c1. The summed E-state index contributed by atoms with van der Waals surface area (Å²) in [6.45, 7) is 10.4. The van der Waals surface area contributed by atoms with Crippen molar-refractivity contribution >= 4 is 17.0 Å². The van der Waals surface area contributed by atoms with Crippen molar-refractivity contribution in [1.29, 1.82) is 0 Å². The van der Waals surface area contributed by atoms with E-state index in [1.165, 1.54) is 109 Å². The zero-order chi connectivity index (χ0) is 26.8. The quantitative estimate of drug-likeness (QED) is 0.269. The Hall–Kier alpha value is -2.39. The molecule has 3 saturated carbocycles. The van der Waals surface area contributed by atoms with Gasteiger partial charge in [0.1, 0.15) is 0 Å². The minimum absolute atomic E-state index is 0.628. The highest BCUT2D eigenvalue weighted by molar-refractivity contribution is 7.15. The Balaban J connectivity index is 1.19. The van der Waals surface area contributed by atoms with Gasteiger partial charge in [0.15, 0.2) is 0 Å².